The van der Waals surface area contributed by atoms with Crippen molar-refractivity contribution in [3.63, 3.8) is 0 Å². The summed E-state index contributed by atoms with van der Waals surface area (Å²) in [6, 6.07) is 16.1. The van der Waals surface area contributed by atoms with Crippen molar-refractivity contribution in [1.82, 2.24) is 15.6 Å². The number of nitrogens with one attached hydrogen (secondary N) is 4. The number of aromatic amines is 1. The fourth-order valence-electron chi connectivity index (χ4n) is 3.02. The highest BCUT2D eigenvalue weighted by Gasteiger charge is 2.04. The third kappa shape index (κ3) is 5.98. The summed E-state index contributed by atoms with van der Waals surface area (Å²) in [5.74, 6) is 0.676. The maximum atomic E-state index is 11.2. The Morgan fingerprint density at radius 3 is 2.71 bits per heavy atom. The summed E-state index contributed by atoms with van der Waals surface area (Å²) in [6.45, 7) is 2.91. The van der Waals surface area contributed by atoms with Crippen LogP contribution in [0, 0.1) is 0 Å². The van der Waals surface area contributed by atoms with Gasteiger partial charge in [0, 0.05) is 49.8 Å². The number of hydrogen-bond acceptors (Lipinski definition) is 2. The second-order valence-corrected chi connectivity index (χ2v) is 6.34. The molecule has 0 aliphatic carbocycles. The molecule has 0 saturated carbocycles. The standard InChI is InChI=1S/C21H25N5O.HI/c1-15(27)26-18-7-5-6-16(12-18)13-25-21(22-2)23-11-10-17-14-24-20-9-4-3-8-19(17)20;/h3-9,12,14,24H,10-11,13H2,1-2H3,(H,26,27)(H2,22,23,25);1H. The van der Waals surface area contributed by atoms with Crippen molar-refractivity contribution in [2.24, 2.45) is 4.99 Å². The van der Waals surface area contributed by atoms with E-state index >= 15 is 0 Å². The number of aromatic nitrogens is 1. The second-order valence-electron chi connectivity index (χ2n) is 6.34. The number of H-pyrrole nitrogens is 1. The van der Waals surface area contributed by atoms with E-state index in [1.807, 2.05) is 30.3 Å². The van der Waals surface area contributed by atoms with Gasteiger partial charge >= 0.3 is 0 Å². The molecule has 148 valence electrons. The summed E-state index contributed by atoms with van der Waals surface area (Å²) < 4.78 is 0. The van der Waals surface area contributed by atoms with Gasteiger partial charge in [-0.05, 0) is 35.7 Å². The zero-order valence-corrected chi connectivity index (χ0v) is 18.4. The van der Waals surface area contributed by atoms with E-state index in [4.69, 9.17) is 0 Å². The van der Waals surface area contributed by atoms with E-state index in [2.05, 4.69) is 50.3 Å². The molecule has 1 amide bonds. The van der Waals surface area contributed by atoms with Crippen molar-refractivity contribution in [2.75, 3.05) is 18.9 Å². The van der Waals surface area contributed by atoms with E-state index in [0.29, 0.717) is 6.54 Å². The van der Waals surface area contributed by atoms with Crippen LogP contribution in [-0.2, 0) is 17.8 Å². The molecule has 0 bridgehead atoms. The smallest absolute Gasteiger partial charge is 0.221 e. The van der Waals surface area contributed by atoms with Crippen LogP contribution in [0.3, 0.4) is 0 Å². The van der Waals surface area contributed by atoms with Gasteiger partial charge in [0.05, 0.1) is 0 Å². The molecule has 7 heteroatoms. The van der Waals surface area contributed by atoms with Crippen molar-refractivity contribution in [1.29, 1.82) is 0 Å². The minimum atomic E-state index is -0.0742. The van der Waals surface area contributed by atoms with Crippen molar-refractivity contribution in [3.8, 4) is 0 Å². The van der Waals surface area contributed by atoms with Crippen LogP contribution < -0.4 is 16.0 Å². The van der Waals surface area contributed by atoms with Gasteiger partial charge in [-0.2, -0.15) is 0 Å². The summed E-state index contributed by atoms with van der Waals surface area (Å²) >= 11 is 0. The fraction of sp³-hybridized carbons (Fsp3) is 0.238. The van der Waals surface area contributed by atoms with Gasteiger partial charge in [-0.3, -0.25) is 9.79 Å². The molecule has 2 aromatic carbocycles. The van der Waals surface area contributed by atoms with E-state index in [9.17, 15) is 4.79 Å². The molecule has 28 heavy (non-hydrogen) atoms. The number of aliphatic imine (C=N–C) groups is 1. The number of nitrogens with zero attached hydrogens (tertiary/aromatic N) is 1. The molecule has 0 aliphatic heterocycles. The molecule has 0 aliphatic rings. The predicted octanol–water partition coefficient (Wildman–Crippen LogP) is 3.65. The highest BCUT2D eigenvalue weighted by atomic mass is 127. The largest absolute Gasteiger partial charge is 0.361 e. The van der Waals surface area contributed by atoms with Crippen LogP contribution in [0.15, 0.2) is 59.7 Å². The zero-order chi connectivity index (χ0) is 19.1. The number of benzene rings is 2. The molecule has 0 spiro atoms. The van der Waals surface area contributed by atoms with Gasteiger partial charge in [0.1, 0.15) is 0 Å². The van der Waals surface area contributed by atoms with Gasteiger partial charge in [0.15, 0.2) is 5.96 Å². The first-order valence-electron chi connectivity index (χ1n) is 9.02. The number of halogens is 1. The summed E-state index contributed by atoms with van der Waals surface area (Å²) in [5.41, 5.74) is 4.32. The number of carbonyl (C=O) groups is 1. The lowest BCUT2D eigenvalue weighted by Crippen LogP contribution is -2.37. The third-order valence-corrected chi connectivity index (χ3v) is 4.29. The summed E-state index contributed by atoms with van der Waals surface area (Å²) in [5, 5.41) is 10.7. The number of carbonyl (C=O) groups excluding carboxylic acids is 1. The topological polar surface area (TPSA) is 81.3 Å². The number of anilines is 1. The van der Waals surface area contributed by atoms with E-state index in [0.717, 1.165) is 35.7 Å². The van der Waals surface area contributed by atoms with Gasteiger partial charge < -0.3 is 20.9 Å². The SMILES string of the molecule is CN=C(NCCc1c[nH]c2ccccc12)NCc1cccc(NC(C)=O)c1.I. The maximum Gasteiger partial charge on any atom is 0.221 e. The highest BCUT2D eigenvalue weighted by Crippen LogP contribution is 2.17. The summed E-state index contributed by atoms with van der Waals surface area (Å²) in [7, 11) is 1.76. The molecular formula is C21H26IN5O. The molecular weight excluding hydrogens is 465 g/mol. The minimum absolute atomic E-state index is 0. The Labute approximate surface area is 182 Å². The van der Waals surface area contributed by atoms with Crippen molar-refractivity contribution >= 4 is 52.4 Å². The number of hydrogen-bond donors (Lipinski definition) is 4. The van der Waals surface area contributed by atoms with Crippen LogP contribution in [-0.4, -0.2) is 30.4 Å². The average molecular weight is 491 g/mol. The van der Waals surface area contributed by atoms with E-state index in [1.54, 1.807) is 7.05 Å². The Hall–Kier alpha value is -2.55. The second kappa shape index (κ2) is 10.7. The lowest BCUT2D eigenvalue weighted by Gasteiger charge is -2.12. The minimum Gasteiger partial charge on any atom is -0.361 e. The maximum absolute atomic E-state index is 11.2. The van der Waals surface area contributed by atoms with Crippen LogP contribution in [0.25, 0.3) is 10.9 Å². The summed E-state index contributed by atoms with van der Waals surface area (Å²) in [4.78, 5) is 18.8. The lowest BCUT2D eigenvalue weighted by molar-refractivity contribution is -0.114. The van der Waals surface area contributed by atoms with Gasteiger partial charge in [-0.25, -0.2) is 0 Å². The van der Waals surface area contributed by atoms with Crippen LogP contribution in [0.1, 0.15) is 18.1 Å². The molecule has 3 aromatic rings. The molecule has 0 saturated heterocycles. The van der Waals surface area contributed by atoms with Crippen molar-refractivity contribution < 1.29 is 4.79 Å². The van der Waals surface area contributed by atoms with Gasteiger partial charge in [-0.1, -0.05) is 30.3 Å². The third-order valence-electron chi connectivity index (χ3n) is 4.29. The molecule has 0 radical (unpaired) electrons. The monoisotopic (exact) mass is 491 g/mol. The molecule has 1 heterocycles. The predicted molar refractivity (Wildman–Crippen MR) is 126 cm³/mol. The quantitative estimate of drug-likeness (QED) is 0.242. The molecule has 0 atom stereocenters. The normalized spacial score (nSPS) is 11.0. The zero-order valence-electron chi connectivity index (χ0n) is 16.1. The van der Waals surface area contributed by atoms with Crippen LogP contribution in [0.5, 0.6) is 0 Å². The molecule has 4 N–H and O–H groups in total. The van der Waals surface area contributed by atoms with Gasteiger partial charge in [-0.15, -0.1) is 24.0 Å². The number of rotatable bonds is 6. The van der Waals surface area contributed by atoms with Crippen molar-refractivity contribution in [3.05, 3.63) is 65.9 Å². The lowest BCUT2D eigenvalue weighted by atomic mass is 10.1. The van der Waals surface area contributed by atoms with Crippen LogP contribution in [0.4, 0.5) is 5.69 Å². The molecule has 1 aromatic heterocycles. The average Bonchev–Trinajstić information content (AvgIpc) is 3.07. The Bertz CT molecular complexity index is 951. The Kier molecular flexibility index (Phi) is 8.31. The number of amides is 1. The number of para-hydroxylation sites is 1. The Morgan fingerprint density at radius 2 is 1.93 bits per heavy atom. The highest BCUT2D eigenvalue weighted by molar-refractivity contribution is 14.0. The summed E-state index contributed by atoms with van der Waals surface area (Å²) in [6.07, 6.45) is 2.97. The molecule has 3 rings (SSSR count). The van der Waals surface area contributed by atoms with Crippen molar-refractivity contribution in [2.45, 2.75) is 19.9 Å². The molecule has 0 unspecified atom stereocenters. The molecule has 6 nitrogen and oxygen atoms in total. The number of fused-ring (bicyclic) bond motifs is 1. The number of guanidine groups is 1. The molecule has 0 fully saturated rings. The fourth-order valence-corrected chi connectivity index (χ4v) is 3.02. The Balaban J connectivity index is 0.00000280. The van der Waals surface area contributed by atoms with Crippen LogP contribution >= 0.6 is 24.0 Å². The first-order chi connectivity index (χ1) is 13.2. The van der Waals surface area contributed by atoms with E-state index in [-0.39, 0.29) is 29.9 Å². The van der Waals surface area contributed by atoms with Crippen LogP contribution in [0.2, 0.25) is 0 Å². The van der Waals surface area contributed by atoms with E-state index < -0.39 is 0 Å². The van der Waals surface area contributed by atoms with E-state index in [1.165, 1.54) is 17.9 Å². The first-order valence-corrected chi connectivity index (χ1v) is 9.02. The first kappa shape index (κ1) is 21.7. The van der Waals surface area contributed by atoms with Gasteiger partial charge in [0.25, 0.3) is 0 Å². The van der Waals surface area contributed by atoms with Gasteiger partial charge in [0.2, 0.25) is 5.91 Å². The Morgan fingerprint density at radius 1 is 1.11 bits per heavy atom.